The second-order valence-electron chi connectivity index (χ2n) is 5.92. The summed E-state index contributed by atoms with van der Waals surface area (Å²) in [6, 6.07) is 0. The van der Waals surface area contributed by atoms with Crippen LogP contribution < -0.4 is 0 Å². The van der Waals surface area contributed by atoms with Crippen molar-refractivity contribution in [2.45, 2.75) is 64.6 Å². The highest BCUT2D eigenvalue weighted by Gasteiger charge is 2.47. The predicted octanol–water partition coefficient (Wildman–Crippen LogP) is 4.48. The number of hydrogen-bond donors (Lipinski definition) is 0. The molecule has 0 amide bonds. The van der Waals surface area contributed by atoms with Gasteiger partial charge in [0, 0.05) is 6.42 Å². The molecule has 0 atom stereocenters. The molecule has 2 nitrogen and oxygen atoms in total. The Labute approximate surface area is 108 Å². The molecule has 0 unspecified atom stereocenters. The van der Waals surface area contributed by atoms with Gasteiger partial charge in [0.1, 0.15) is 0 Å². The maximum absolute atomic E-state index is 6.58. The summed E-state index contributed by atoms with van der Waals surface area (Å²) in [4.78, 5) is 0. The molecule has 0 aliphatic carbocycles. The van der Waals surface area contributed by atoms with E-state index in [1.165, 1.54) is 5.76 Å². The van der Waals surface area contributed by atoms with E-state index in [0.29, 0.717) is 23.2 Å². The predicted molar refractivity (Wildman–Crippen MR) is 75.7 cm³/mol. The SMILES string of the molecule is CC(C)[Si](OC1=CCOCC1)(C(C)C)C(C)C. The van der Waals surface area contributed by atoms with Gasteiger partial charge in [-0.05, 0) is 22.7 Å². The van der Waals surface area contributed by atoms with Crippen molar-refractivity contribution in [3.05, 3.63) is 11.8 Å². The van der Waals surface area contributed by atoms with Crippen LogP contribution in [0, 0.1) is 0 Å². The molecule has 17 heavy (non-hydrogen) atoms. The molecule has 0 aromatic carbocycles. The lowest BCUT2D eigenvalue weighted by atomic mass is 10.3. The van der Waals surface area contributed by atoms with Crippen LogP contribution in [0.4, 0.5) is 0 Å². The normalized spacial score (nSPS) is 17.8. The van der Waals surface area contributed by atoms with Gasteiger partial charge in [-0.25, -0.2) is 0 Å². The molecule has 0 aromatic heterocycles. The van der Waals surface area contributed by atoms with E-state index in [1.807, 2.05) is 0 Å². The Morgan fingerprint density at radius 3 is 1.94 bits per heavy atom. The first-order valence-corrected chi connectivity index (χ1v) is 9.01. The Morgan fingerprint density at radius 2 is 1.59 bits per heavy atom. The highest BCUT2D eigenvalue weighted by molar-refractivity contribution is 6.77. The largest absolute Gasteiger partial charge is 0.546 e. The lowest BCUT2D eigenvalue weighted by molar-refractivity contribution is 0.136. The molecule has 1 aliphatic heterocycles. The molecule has 1 rings (SSSR count). The van der Waals surface area contributed by atoms with Crippen molar-refractivity contribution in [1.82, 2.24) is 0 Å². The van der Waals surface area contributed by atoms with E-state index < -0.39 is 8.32 Å². The smallest absolute Gasteiger partial charge is 0.258 e. The number of ether oxygens (including phenoxy) is 1. The standard InChI is InChI=1S/C14H28O2Si/c1-11(2)17(12(3)4,13(5)6)16-14-7-9-15-10-8-14/h7,11-13H,8-10H2,1-6H3. The van der Waals surface area contributed by atoms with Gasteiger partial charge in [-0.3, -0.25) is 0 Å². The van der Waals surface area contributed by atoms with Gasteiger partial charge in [0.25, 0.3) is 8.32 Å². The summed E-state index contributed by atoms with van der Waals surface area (Å²) in [7, 11) is -1.74. The minimum Gasteiger partial charge on any atom is -0.546 e. The van der Waals surface area contributed by atoms with Gasteiger partial charge >= 0.3 is 0 Å². The van der Waals surface area contributed by atoms with Crippen LogP contribution in [0.2, 0.25) is 16.6 Å². The third-order valence-electron chi connectivity index (χ3n) is 3.94. The summed E-state index contributed by atoms with van der Waals surface area (Å²) in [6.07, 6.45) is 3.07. The minimum absolute atomic E-state index is 0.645. The summed E-state index contributed by atoms with van der Waals surface area (Å²) in [5, 5.41) is 0. The van der Waals surface area contributed by atoms with Crippen molar-refractivity contribution in [3.63, 3.8) is 0 Å². The fourth-order valence-corrected chi connectivity index (χ4v) is 8.53. The van der Waals surface area contributed by atoms with Gasteiger partial charge in [0.15, 0.2) is 0 Å². The molecule has 100 valence electrons. The van der Waals surface area contributed by atoms with Crippen LogP contribution in [-0.2, 0) is 9.16 Å². The minimum atomic E-state index is -1.74. The summed E-state index contributed by atoms with van der Waals surface area (Å²) in [6.45, 7) is 15.5. The Hall–Kier alpha value is -0.283. The zero-order valence-electron chi connectivity index (χ0n) is 12.2. The van der Waals surface area contributed by atoms with Crippen molar-refractivity contribution < 1.29 is 9.16 Å². The molecule has 0 N–H and O–H groups in total. The van der Waals surface area contributed by atoms with E-state index >= 15 is 0 Å². The highest BCUT2D eigenvalue weighted by atomic mass is 28.4. The average Bonchev–Trinajstić information content (AvgIpc) is 2.25. The second kappa shape index (κ2) is 6.05. The Morgan fingerprint density at radius 1 is 1.06 bits per heavy atom. The van der Waals surface area contributed by atoms with Gasteiger partial charge in [0.05, 0.1) is 19.0 Å². The fraction of sp³-hybridized carbons (Fsp3) is 0.857. The zero-order chi connectivity index (χ0) is 13.1. The summed E-state index contributed by atoms with van der Waals surface area (Å²) in [5.74, 6) is 1.18. The van der Waals surface area contributed by atoms with Crippen LogP contribution in [0.25, 0.3) is 0 Å². The van der Waals surface area contributed by atoms with E-state index in [1.54, 1.807) is 0 Å². The highest BCUT2D eigenvalue weighted by Crippen LogP contribution is 2.44. The lowest BCUT2D eigenvalue weighted by Gasteiger charge is -2.43. The molecular formula is C14H28O2Si. The van der Waals surface area contributed by atoms with Crippen LogP contribution in [0.5, 0.6) is 0 Å². The van der Waals surface area contributed by atoms with Crippen LogP contribution in [-0.4, -0.2) is 21.5 Å². The summed E-state index contributed by atoms with van der Waals surface area (Å²) < 4.78 is 11.9. The average molecular weight is 256 g/mol. The first kappa shape index (κ1) is 14.8. The molecule has 1 aliphatic rings. The first-order chi connectivity index (χ1) is 7.91. The van der Waals surface area contributed by atoms with Crippen molar-refractivity contribution in [2.24, 2.45) is 0 Å². The van der Waals surface area contributed by atoms with Crippen LogP contribution >= 0.6 is 0 Å². The molecule has 0 aromatic rings. The Bertz CT molecular complexity index is 248. The maximum atomic E-state index is 6.58. The van der Waals surface area contributed by atoms with Gasteiger partial charge in [-0.1, -0.05) is 41.5 Å². The van der Waals surface area contributed by atoms with Gasteiger partial charge in [-0.15, -0.1) is 0 Å². The Kier molecular flexibility index (Phi) is 5.26. The van der Waals surface area contributed by atoms with Crippen molar-refractivity contribution >= 4 is 8.32 Å². The molecule has 0 fully saturated rings. The molecule has 0 radical (unpaired) electrons. The van der Waals surface area contributed by atoms with Crippen LogP contribution in [0.1, 0.15) is 48.0 Å². The molecule has 1 heterocycles. The van der Waals surface area contributed by atoms with Crippen LogP contribution in [0.15, 0.2) is 11.8 Å². The lowest BCUT2D eigenvalue weighted by Crippen LogP contribution is -2.47. The summed E-state index contributed by atoms with van der Waals surface area (Å²) in [5.41, 5.74) is 1.93. The van der Waals surface area contributed by atoms with Crippen molar-refractivity contribution in [2.75, 3.05) is 13.2 Å². The molecule has 0 bridgehead atoms. The maximum Gasteiger partial charge on any atom is 0.258 e. The second-order valence-corrected chi connectivity index (χ2v) is 11.3. The monoisotopic (exact) mass is 256 g/mol. The number of rotatable bonds is 5. The third kappa shape index (κ3) is 3.13. The molecule has 0 spiro atoms. The van der Waals surface area contributed by atoms with Crippen LogP contribution in [0.3, 0.4) is 0 Å². The molecule has 0 saturated heterocycles. The zero-order valence-corrected chi connectivity index (χ0v) is 13.2. The van der Waals surface area contributed by atoms with E-state index in [9.17, 15) is 0 Å². The van der Waals surface area contributed by atoms with Crippen molar-refractivity contribution in [1.29, 1.82) is 0 Å². The number of hydrogen-bond acceptors (Lipinski definition) is 2. The van der Waals surface area contributed by atoms with E-state index in [4.69, 9.17) is 9.16 Å². The topological polar surface area (TPSA) is 18.5 Å². The third-order valence-corrected chi connectivity index (χ3v) is 9.97. The molecule has 0 saturated carbocycles. The van der Waals surface area contributed by atoms with Gasteiger partial charge < -0.3 is 9.16 Å². The fourth-order valence-electron chi connectivity index (χ4n) is 3.18. The molecular weight excluding hydrogens is 228 g/mol. The van der Waals surface area contributed by atoms with Crippen molar-refractivity contribution in [3.8, 4) is 0 Å². The summed E-state index contributed by atoms with van der Waals surface area (Å²) >= 11 is 0. The van der Waals surface area contributed by atoms with E-state index in [-0.39, 0.29) is 0 Å². The van der Waals surface area contributed by atoms with Gasteiger partial charge in [-0.2, -0.15) is 0 Å². The van der Waals surface area contributed by atoms with E-state index in [2.05, 4.69) is 47.6 Å². The van der Waals surface area contributed by atoms with E-state index in [0.717, 1.165) is 13.0 Å². The van der Waals surface area contributed by atoms with Gasteiger partial charge in [0.2, 0.25) is 0 Å². The Balaban J connectivity index is 2.93. The first-order valence-electron chi connectivity index (χ1n) is 6.87. The molecule has 3 heteroatoms. The quantitative estimate of drug-likeness (QED) is 0.675.